The lowest BCUT2D eigenvalue weighted by atomic mass is 10.1. The molecule has 1 amide bonds. The van der Waals surface area contributed by atoms with Crippen LogP contribution in [0.25, 0.3) is 0 Å². The van der Waals surface area contributed by atoms with E-state index in [0.29, 0.717) is 0 Å². The summed E-state index contributed by atoms with van der Waals surface area (Å²) in [5.74, 6) is 0.153. The Morgan fingerprint density at radius 2 is 2.10 bits per heavy atom. The van der Waals surface area contributed by atoms with E-state index in [1.165, 1.54) is 9.75 Å². The van der Waals surface area contributed by atoms with Gasteiger partial charge in [0, 0.05) is 28.8 Å². The van der Waals surface area contributed by atoms with Crippen molar-refractivity contribution < 1.29 is 4.79 Å². The van der Waals surface area contributed by atoms with Crippen LogP contribution in [0.1, 0.15) is 35.1 Å². The molecule has 0 saturated carbocycles. The summed E-state index contributed by atoms with van der Waals surface area (Å²) in [5.41, 5.74) is 0. The van der Waals surface area contributed by atoms with E-state index in [1.54, 1.807) is 22.7 Å². The monoisotopic (exact) mass is 320 g/mol. The molecular weight excluding hydrogens is 300 g/mol. The van der Waals surface area contributed by atoms with Crippen LogP contribution in [0.2, 0.25) is 0 Å². The van der Waals surface area contributed by atoms with Crippen molar-refractivity contribution in [2.45, 2.75) is 37.8 Å². The normalized spacial score (nSPS) is 20.8. The minimum Gasteiger partial charge on any atom is -0.355 e. The molecule has 2 aromatic rings. The summed E-state index contributed by atoms with van der Waals surface area (Å²) >= 11 is 3.54. The zero-order chi connectivity index (χ0) is 14.5. The second-order valence-electron chi connectivity index (χ2n) is 5.36. The molecule has 2 aromatic heterocycles. The third-order valence-electron chi connectivity index (χ3n) is 3.81. The molecule has 2 atom stereocenters. The minimum absolute atomic E-state index is 0.0698. The molecule has 0 spiro atoms. The van der Waals surface area contributed by atoms with Gasteiger partial charge in [-0.05, 0) is 42.2 Å². The smallest absolute Gasteiger partial charge is 0.237 e. The Morgan fingerprint density at radius 1 is 1.24 bits per heavy atom. The lowest BCUT2D eigenvalue weighted by Gasteiger charge is -2.23. The van der Waals surface area contributed by atoms with E-state index in [1.807, 2.05) is 0 Å². The number of rotatable bonds is 5. The van der Waals surface area contributed by atoms with Crippen molar-refractivity contribution in [1.29, 1.82) is 0 Å². The van der Waals surface area contributed by atoms with Crippen LogP contribution >= 0.6 is 22.7 Å². The predicted octanol–water partition coefficient (Wildman–Crippen LogP) is 3.35. The van der Waals surface area contributed by atoms with Crippen LogP contribution in [0.3, 0.4) is 0 Å². The highest BCUT2D eigenvalue weighted by Gasteiger charge is 2.25. The Bertz CT molecular complexity index is 551. The first-order chi connectivity index (χ1) is 10.3. The van der Waals surface area contributed by atoms with Crippen LogP contribution in [0.5, 0.6) is 0 Å². The third kappa shape index (κ3) is 3.93. The number of amides is 1. The van der Waals surface area contributed by atoms with Gasteiger partial charge in [0.2, 0.25) is 5.91 Å². The average molecular weight is 320 g/mol. The molecule has 5 heteroatoms. The van der Waals surface area contributed by atoms with Crippen molar-refractivity contribution in [3.05, 3.63) is 44.8 Å². The van der Waals surface area contributed by atoms with E-state index in [-0.39, 0.29) is 18.0 Å². The highest BCUT2D eigenvalue weighted by molar-refractivity contribution is 7.10. The summed E-state index contributed by atoms with van der Waals surface area (Å²) in [4.78, 5) is 14.8. The average Bonchev–Trinajstić information content (AvgIpc) is 3.14. The summed E-state index contributed by atoms with van der Waals surface area (Å²) in [6, 6.07) is 8.64. The van der Waals surface area contributed by atoms with Gasteiger partial charge in [0.25, 0.3) is 0 Å². The van der Waals surface area contributed by atoms with Gasteiger partial charge < -0.3 is 5.32 Å². The topological polar surface area (TPSA) is 41.1 Å². The molecular formula is C16H20N2OS2. The lowest BCUT2D eigenvalue weighted by molar-refractivity contribution is -0.123. The van der Waals surface area contributed by atoms with E-state index in [9.17, 15) is 4.79 Å². The summed E-state index contributed by atoms with van der Waals surface area (Å²) in [6.07, 6.45) is 4.06. The number of hydrogen-bond acceptors (Lipinski definition) is 4. The van der Waals surface area contributed by atoms with Crippen molar-refractivity contribution in [2.24, 2.45) is 0 Å². The fraction of sp³-hybridized carbons (Fsp3) is 0.438. The van der Waals surface area contributed by atoms with Gasteiger partial charge in [-0.25, -0.2) is 0 Å². The van der Waals surface area contributed by atoms with Gasteiger partial charge in [0.05, 0.1) is 6.04 Å². The lowest BCUT2D eigenvalue weighted by Crippen LogP contribution is -2.44. The molecule has 0 radical (unpaired) electrons. The molecule has 3 rings (SSSR count). The Labute approximate surface area is 133 Å². The van der Waals surface area contributed by atoms with Crippen LogP contribution in [0.15, 0.2) is 35.0 Å². The maximum Gasteiger partial charge on any atom is 0.237 e. The van der Waals surface area contributed by atoms with E-state index >= 15 is 0 Å². The number of hydrogen-bond donors (Lipinski definition) is 2. The zero-order valence-corrected chi connectivity index (χ0v) is 13.5. The van der Waals surface area contributed by atoms with Crippen molar-refractivity contribution in [3.63, 3.8) is 0 Å². The fourth-order valence-electron chi connectivity index (χ4n) is 2.70. The molecule has 0 aromatic carbocycles. The number of nitrogens with one attached hydrogen (secondary N) is 2. The molecule has 3 heterocycles. The van der Waals surface area contributed by atoms with Crippen LogP contribution in [0.4, 0.5) is 0 Å². The number of carbonyl (C=O) groups is 1. The standard InChI is InChI=1S/C16H20N2OS2/c19-16-13(6-1-2-8-17-16)18-14(15-7-4-10-21-15)11-12-5-3-9-20-12/h3-5,7,9-10,13-14,18H,1-2,6,8,11H2,(H,17,19). The van der Waals surface area contributed by atoms with Gasteiger partial charge in [0.15, 0.2) is 0 Å². The van der Waals surface area contributed by atoms with E-state index in [4.69, 9.17) is 0 Å². The highest BCUT2D eigenvalue weighted by atomic mass is 32.1. The molecule has 0 bridgehead atoms. The van der Waals surface area contributed by atoms with Gasteiger partial charge in [0.1, 0.15) is 0 Å². The van der Waals surface area contributed by atoms with Gasteiger partial charge in [-0.2, -0.15) is 0 Å². The van der Waals surface area contributed by atoms with Crippen molar-refractivity contribution >= 4 is 28.6 Å². The zero-order valence-electron chi connectivity index (χ0n) is 11.9. The molecule has 21 heavy (non-hydrogen) atoms. The van der Waals surface area contributed by atoms with Crippen molar-refractivity contribution in [3.8, 4) is 0 Å². The molecule has 2 N–H and O–H groups in total. The molecule has 3 nitrogen and oxygen atoms in total. The highest BCUT2D eigenvalue weighted by Crippen LogP contribution is 2.26. The van der Waals surface area contributed by atoms with Gasteiger partial charge in [-0.15, -0.1) is 22.7 Å². The Hall–Kier alpha value is -1.17. The maximum absolute atomic E-state index is 12.2. The SMILES string of the molecule is O=C1NCCCCC1NC(Cc1cccs1)c1cccs1. The second kappa shape index (κ2) is 7.20. The summed E-state index contributed by atoms with van der Waals surface area (Å²) in [7, 11) is 0. The number of carbonyl (C=O) groups excluding carboxylic acids is 1. The fourth-order valence-corrected chi connectivity index (χ4v) is 4.24. The summed E-state index contributed by atoms with van der Waals surface area (Å²) < 4.78 is 0. The Kier molecular flexibility index (Phi) is 5.06. The third-order valence-corrected chi connectivity index (χ3v) is 5.69. The molecule has 1 aliphatic rings. The van der Waals surface area contributed by atoms with Crippen LogP contribution in [-0.4, -0.2) is 18.5 Å². The van der Waals surface area contributed by atoms with Gasteiger partial charge in [-0.1, -0.05) is 12.1 Å². The first-order valence-corrected chi connectivity index (χ1v) is 9.18. The van der Waals surface area contributed by atoms with Crippen molar-refractivity contribution in [2.75, 3.05) is 6.54 Å². The Morgan fingerprint density at radius 3 is 2.86 bits per heavy atom. The molecule has 2 unspecified atom stereocenters. The number of thiophene rings is 2. The van der Waals surface area contributed by atoms with E-state index in [2.05, 4.69) is 45.7 Å². The van der Waals surface area contributed by atoms with Crippen molar-refractivity contribution in [1.82, 2.24) is 10.6 Å². The maximum atomic E-state index is 12.2. The van der Waals surface area contributed by atoms with E-state index in [0.717, 1.165) is 32.2 Å². The molecule has 0 aliphatic carbocycles. The largest absolute Gasteiger partial charge is 0.355 e. The molecule has 1 aliphatic heterocycles. The van der Waals surface area contributed by atoms with Crippen LogP contribution in [-0.2, 0) is 11.2 Å². The molecule has 1 fully saturated rings. The second-order valence-corrected chi connectivity index (χ2v) is 7.37. The Balaban J connectivity index is 1.73. The first kappa shape index (κ1) is 14.8. The quantitative estimate of drug-likeness (QED) is 0.887. The minimum atomic E-state index is -0.0698. The summed E-state index contributed by atoms with van der Waals surface area (Å²) in [6.45, 7) is 0.811. The summed E-state index contributed by atoms with van der Waals surface area (Å²) in [5, 5.41) is 10.8. The molecule has 1 saturated heterocycles. The van der Waals surface area contributed by atoms with Crippen LogP contribution in [0, 0.1) is 0 Å². The first-order valence-electron chi connectivity index (χ1n) is 7.42. The predicted molar refractivity (Wildman–Crippen MR) is 88.9 cm³/mol. The molecule has 112 valence electrons. The van der Waals surface area contributed by atoms with E-state index < -0.39 is 0 Å². The van der Waals surface area contributed by atoms with Gasteiger partial charge in [-0.3, -0.25) is 10.1 Å². The van der Waals surface area contributed by atoms with Gasteiger partial charge >= 0.3 is 0 Å². The van der Waals surface area contributed by atoms with Crippen LogP contribution < -0.4 is 10.6 Å².